The summed E-state index contributed by atoms with van der Waals surface area (Å²) in [5, 5.41) is 10.7. The van der Waals surface area contributed by atoms with E-state index in [1.165, 1.54) is 12.1 Å². The smallest absolute Gasteiger partial charge is 0.257 e. The van der Waals surface area contributed by atoms with Crippen LogP contribution in [-0.2, 0) is 4.79 Å². The Balaban J connectivity index is 1.59. The number of amides is 1. The number of hydrogen-bond donors (Lipinski definition) is 2. The minimum Gasteiger partial charge on any atom is -0.328 e. The number of anilines is 2. The average molecular weight is 426 g/mol. The molecule has 1 aliphatic rings. The van der Waals surface area contributed by atoms with Gasteiger partial charge < -0.3 is 10.6 Å². The van der Waals surface area contributed by atoms with Crippen molar-refractivity contribution in [3.8, 4) is 11.4 Å². The summed E-state index contributed by atoms with van der Waals surface area (Å²) < 4.78 is 15.1. The van der Waals surface area contributed by atoms with E-state index in [0.29, 0.717) is 34.4 Å². The summed E-state index contributed by atoms with van der Waals surface area (Å²) >= 11 is 0. The summed E-state index contributed by atoms with van der Waals surface area (Å²) in [7, 11) is 0. The first-order chi connectivity index (χ1) is 15.6. The molecule has 2 N–H and O–H groups in total. The van der Waals surface area contributed by atoms with Gasteiger partial charge in [-0.05, 0) is 48.9 Å². The zero-order chi connectivity index (χ0) is 22.1. The molecule has 1 atom stereocenters. The van der Waals surface area contributed by atoms with E-state index in [-0.39, 0.29) is 11.7 Å². The van der Waals surface area contributed by atoms with Crippen LogP contribution >= 0.6 is 0 Å². The zero-order valence-electron chi connectivity index (χ0n) is 17.2. The molecule has 4 aromatic rings. The highest BCUT2D eigenvalue weighted by Crippen LogP contribution is 2.36. The van der Waals surface area contributed by atoms with E-state index >= 15 is 0 Å². The Hall–Kier alpha value is -4.33. The Morgan fingerprint density at radius 3 is 2.50 bits per heavy atom. The number of carbonyl (C=O) groups is 1. The second-order valence-electron chi connectivity index (χ2n) is 7.36. The number of halogens is 1. The number of hydrogen-bond acceptors (Lipinski definition) is 5. The molecule has 7 nitrogen and oxygen atoms in total. The second kappa shape index (κ2) is 8.07. The first-order valence-corrected chi connectivity index (χ1v) is 10.1. The number of allylic oxidation sites excluding steroid dienone is 1. The monoisotopic (exact) mass is 426 g/mol. The van der Waals surface area contributed by atoms with Crippen molar-refractivity contribution in [3.63, 3.8) is 0 Å². The molecule has 5 rings (SSSR count). The third kappa shape index (κ3) is 3.62. The van der Waals surface area contributed by atoms with Crippen molar-refractivity contribution >= 4 is 17.7 Å². The standard InChI is InChI=1S/C24H19FN6O/c1-15-20(23(32)28-19-9-5-6-14-26-19)21(16-7-3-2-4-8-16)31-24(27-15)29-22(30-31)17-10-12-18(25)13-11-17/h2-14,21H,1H3,(H,26,28,32)(H,27,29,30). The highest BCUT2D eigenvalue weighted by Gasteiger charge is 2.34. The topological polar surface area (TPSA) is 84.7 Å². The van der Waals surface area contributed by atoms with Crippen molar-refractivity contribution in [2.24, 2.45) is 0 Å². The lowest BCUT2D eigenvalue weighted by atomic mass is 9.95. The van der Waals surface area contributed by atoms with E-state index in [1.54, 1.807) is 35.1 Å². The minimum atomic E-state index is -0.502. The minimum absolute atomic E-state index is 0.285. The van der Waals surface area contributed by atoms with Gasteiger partial charge in [-0.3, -0.25) is 4.79 Å². The van der Waals surface area contributed by atoms with Crippen LogP contribution in [0.1, 0.15) is 18.5 Å². The quantitative estimate of drug-likeness (QED) is 0.505. The molecule has 2 aromatic heterocycles. The first-order valence-electron chi connectivity index (χ1n) is 10.1. The van der Waals surface area contributed by atoms with Crippen molar-refractivity contribution in [1.82, 2.24) is 19.7 Å². The Morgan fingerprint density at radius 1 is 1.03 bits per heavy atom. The van der Waals surface area contributed by atoms with Gasteiger partial charge in [0.2, 0.25) is 5.95 Å². The van der Waals surface area contributed by atoms with Crippen LogP contribution in [0.25, 0.3) is 11.4 Å². The van der Waals surface area contributed by atoms with Gasteiger partial charge in [0.05, 0.1) is 5.57 Å². The Kier molecular flexibility index (Phi) is 4.95. The second-order valence-corrected chi connectivity index (χ2v) is 7.36. The molecule has 0 saturated carbocycles. The molecule has 0 fully saturated rings. The molecule has 2 aromatic carbocycles. The van der Waals surface area contributed by atoms with E-state index in [0.717, 1.165) is 5.56 Å². The highest BCUT2D eigenvalue weighted by atomic mass is 19.1. The van der Waals surface area contributed by atoms with Gasteiger partial charge in [0, 0.05) is 17.5 Å². The summed E-state index contributed by atoms with van der Waals surface area (Å²) in [6.45, 7) is 1.83. The summed E-state index contributed by atoms with van der Waals surface area (Å²) in [5.74, 6) is 0.787. The number of fused-ring (bicyclic) bond motifs is 1. The summed E-state index contributed by atoms with van der Waals surface area (Å²) in [4.78, 5) is 22.1. The van der Waals surface area contributed by atoms with Crippen LogP contribution in [-0.4, -0.2) is 25.7 Å². The Labute approximate surface area is 183 Å². The molecule has 1 unspecified atom stereocenters. The number of carbonyl (C=O) groups excluding carboxylic acids is 1. The van der Waals surface area contributed by atoms with Gasteiger partial charge in [0.1, 0.15) is 17.7 Å². The van der Waals surface area contributed by atoms with Crippen LogP contribution in [0, 0.1) is 5.82 Å². The molecule has 1 aliphatic heterocycles. The van der Waals surface area contributed by atoms with E-state index in [1.807, 2.05) is 43.3 Å². The number of benzene rings is 2. The molecule has 0 spiro atoms. The Bertz CT molecular complexity index is 1300. The molecular formula is C24H19FN6O. The average Bonchev–Trinajstić information content (AvgIpc) is 3.23. The van der Waals surface area contributed by atoms with Crippen LogP contribution in [0.4, 0.5) is 16.2 Å². The largest absolute Gasteiger partial charge is 0.328 e. The predicted molar refractivity (Wildman–Crippen MR) is 119 cm³/mol. The maximum absolute atomic E-state index is 13.4. The Morgan fingerprint density at radius 2 is 1.78 bits per heavy atom. The fourth-order valence-corrected chi connectivity index (χ4v) is 3.73. The summed E-state index contributed by atoms with van der Waals surface area (Å²) in [6, 6.07) is 20.5. The molecule has 1 amide bonds. The SMILES string of the molecule is CC1=C(C(=O)Nc2ccccn2)C(c2ccccc2)n2nc(-c3ccc(F)cc3)nc2N1. The molecule has 32 heavy (non-hydrogen) atoms. The van der Waals surface area contributed by atoms with Gasteiger partial charge in [-0.25, -0.2) is 14.1 Å². The number of rotatable bonds is 4. The molecule has 158 valence electrons. The first kappa shape index (κ1) is 19.6. The van der Waals surface area contributed by atoms with Crippen molar-refractivity contribution in [2.75, 3.05) is 10.6 Å². The lowest BCUT2D eigenvalue weighted by Gasteiger charge is -2.28. The molecular weight excluding hydrogens is 407 g/mol. The van der Waals surface area contributed by atoms with Crippen LogP contribution in [0.2, 0.25) is 0 Å². The van der Waals surface area contributed by atoms with E-state index in [9.17, 15) is 9.18 Å². The van der Waals surface area contributed by atoms with Crippen LogP contribution < -0.4 is 10.6 Å². The fraction of sp³-hybridized carbons (Fsp3) is 0.0833. The third-order valence-electron chi connectivity index (χ3n) is 5.22. The number of aromatic nitrogens is 4. The van der Waals surface area contributed by atoms with Gasteiger partial charge in [-0.2, -0.15) is 4.98 Å². The highest BCUT2D eigenvalue weighted by molar-refractivity contribution is 6.05. The van der Waals surface area contributed by atoms with Gasteiger partial charge in [0.25, 0.3) is 5.91 Å². The maximum Gasteiger partial charge on any atom is 0.257 e. The lowest BCUT2D eigenvalue weighted by Crippen LogP contribution is -2.31. The van der Waals surface area contributed by atoms with E-state index < -0.39 is 6.04 Å². The van der Waals surface area contributed by atoms with Crippen molar-refractivity contribution in [3.05, 3.63) is 102 Å². The van der Waals surface area contributed by atoms with Gasteiger partial charge >= 0.3 is 0 Å². The van der Waals surface area contributed by atoms with E-state index in [4.69, 9.17) is 0 Å². The maximum atomic E-state index is 13.4. The van der Waals surface area contributed by atoms with Crippen LogP contribution in [0.5, 0.6) is 0 Å². The third-order valence-corrected chi connectivity index (χ3v) is 5.22. The van der Waals surface area contributed by atoms with Crippen molar-refractivity contribution in [2.45, 2.75) is 13.0 Å². The molecule has 0 radical (unpaired) electrons. The molecule has 0 saturated heterocycles. The van der Waals surface area contributed by atoms with Gasteiger partial charge in [-0.1, -0.05) is 36.4 Å². The van der Waals surface area contributed by atoms with E-state index in [2.05, 4.69) is 25.7 Å². The predicted octanol–water partition coefficient (Wildman–Crippen LogP) is 4.41. The van der Waals surface area contributed by atoms with Crippen molar-refractivity contribution in [1.29, 1.82) is 0 Å². The van der Waals surface area contributed by atoms with Gasteiger partial charge in [-0.15, -0.1) is 5.10 Å². The summed E-state index contributed by atoms with van der Waals surface area (Å²) in [5.41, 5.74) is 2.73. The molecule has 8 heteroatoms. The van der Waals surface area contributed by atoms with Crippen LogP contribution in [0.15, 0.2) is 90.3 Å². The fourth-order valence-electron chi connectivity index (χ4n) is 3.73. The normalized spacial score (nSPS) is 15.1. The zero-order valence-corrected chi connectivity index (χ0v) is 17.2. The lowest BCUT2D eigenvalue weighted by molar-refractivity contribution is -0.113. The molecule has 0 aliphatic carbocycles. The molecule has 0 bridgehead atoms. The van der Waals surface area contributed by atoms with Crippen LogP contribution in [0.3, 0.4) is 0 Å². The number of nitrogens with one attached hydrogen (secondary N) is 2. The number of pyridine rings is 1. The van der Waals surface area contributed by atoms with Gasteiger partial charge in [0.15, 0.2) is 5.82 Å². The summed E-state index contributed by atoms with van der Waals surface area (Å²) in [6.07, 6.45) is 1.62. The number of nitrogens with zero attached hydrogens (tertiary/aromatic N) is 4. The van der Waals surface area contributed by atoms with Crippen molar-refractivity contribution < 1.29 is 9.18 Å². The molecule has 3 heterocycles.